The van der Waals surface area contributed by atoms with E-state index in [2.05, 4.69) is 144 Å². The number of hydrogen-bond acceptors (Lipinski definition) is 1. The van der Waals surface area contributed by atoms with E-state index in [1.54, 1.807) is 0 Å². The molecule has 0 bridgehead atoms. The summed E-state index contributed by atoms with van der Waals surface area (Å²) in [6.45, 7) is 13.8. The molecule has 0 N–H and O–H groups in total. The quantitative estimate of drug-likeness (QED) is 0.243. The number of allylic oxidation sites excluding steroid dienone is 1. The van der Waals surface area contributed by atoms with Crippen molar-refractivity contribution < 1.29 is 4.43 Å². The molecule has 168 valence electrons. The van der Waals surface area contributed by atoms with Gasteiger partial charge in [-0.25, -0.2) is 0 Å². The van der Waals surface area contributed by atoms with E-state index in [1.807, 2.05) is 0 Å². The maximum atomic E-state index is 6.61. The van der Waals surface area contributed by atoms with Gasteiger partial charge in [0, 0.05) is 0 Å². The Morgan fingerprint density at radius 1 is 0.750 bits per heavy atom. The third-order valence-electron chi connectivity index (χ3n) is 6.92. The molecule has 0 aliphatic heterocycles. The molecule has 0 saturated carbocycles. The van der Waals surface area contributed by atoms with Crippen LogP contribution in [0.3, 0.4) is 0 Å². The molecule has 3 rings (SSSR count). The summed E-state index contributed by atoms with van der Waals surface area (Å²) in [5.41, 5.74) is 0. The summed E-state index contributed by atoms with van der Waals surface area (Å²) in [7, 11) is -1.79. The number of benzene rings is 3. The maximum absolute atomic E-state index is 6.61. The van der Waals surface area contributed by atoms with Crippen LogP contribution in [0.2, 0.25) is 22.6 Å². The average Bonchev–Trinajstić information content (AvgIpc) is 2.77. The Balaban J connectivity index is 2.01. The predicted octanol–water partition coefficient (Wildman–Crippen LogP) is 6.12. The zero-order valence-corrected chi connectivity index (χ0v) is 24.4. The molecule has 3 aromatic carbocycles. The SMILES string of the molecule is CC(/C=C/[CH2][Sn]([c]1ccccc1)([c]1ccccc1)[c]1ccccc1)O[Si](C)(C)C(C)(C)C. The second-order valence-electron chi connectivity index (χ2n) is 10.2. The van der Waals surface area contributed by atoms with Gasteiger partial charge in [-0.05, 0) is 0 Å². The Hall–Kier alpha value is -1.62. The van der Waals surface area contributed by atoms with Crippen LogP contribution in [0.1, 0.15) is 27.7 Å². The Morgan fingerprint density at radius 3 is 1.47 bits per heavy atom. The van der Waals surface area contributed by atoms with Gasteiger partial charge < -0.3 is 0 Å². The van der Waals surface area contributed by atoms with Crippen molar-refractivity contribution in [3.8, 4) is 0 Å². The van der Waals surface area contributed by atoms with Gasteiger partial charge in [0.05, 0.1) is 0 Å². The molecule has 0 fully saturated rings. The molecule has 3 heteroatoms. The molecule has 0 heterocycles. The van der Waals surface area contributed by atoms with Crippen LogP contribution in [0.25, 0.3) is 0 Å². The summed E-state index contributed by atoms with van der Waals surface area (Å²) in [6.07, 6.45) is 4.85. The summed E-state index contributed by atoms with van der Waals surface area (Å²) < 4.78 is 12.2. The zero-order valence-electron chi connectivity index (χ0n) is 20.5. The van der Waals surface area contributed by atoms with Crippen molar-refractivity contribution in [2.75, 3.05) is 0 Å². The van der Waals surface area contributed by atoms with Gasteiger partial charge in [-0.1, -0.05) is 0 Å². The van der Waals surface area contributed by atoms with Gasteiger partial charge in [-0.3, -0.25) is 0 Å². The van der Waals surface area contributed by atoms with Crippen LogP contribution in [0.15, 0.2) is 103 Å². The first-order valence-corrected chi connectivity index (χ1v) is 20.9. The van der Waals surface area contributed by atoms with E-state index in [0.29, 0.717) is 0 Å². The van der Waals surface area contributed by atoms with Crippen molar-refractivity contribution in [3.05, 3.63) is 103 Å². The van der Waals surface area contributed by atoms with Crippen LogP contribution in [0, 0.1) is 0 Å². The molecule has 1 nitrogen and oxygen atoms in total. The van der Waals surface area contributed by atoms with Gasteiger partial charge >= 0.3 is 201 Å². The first kappa shape index (κ1) is 25.0. The zero-order chi connectivity index (χ0) is 23.2. The molecule has 0 aliphatic carbocycles. The summed E-state index contributed by atoms with van der Waals surface area (Å²) in [6, 6.07) is 33.6. The van der Waals surface area contributed by atoms with E-state index < -0.39 is 26.7 Å². The topological polar surface area (TPSA) is 9.23 Å². The van der Waals surface area contributed by atoms with Crippen molar-refractivity contribution in [1.29, 1.82) is 0 Å². The predicted molar refractivity (Wildman–Crippen MR) is 146 cm³/mol. The Labute approximate surface area is 200 Å². The van der Waals surface area contributed by atoms with E-state index in [9.17, 15) is 0 Å². The fourth-order valence-corrected chi connectivity index (χ4v) is 18.3. The minimum absolute atomic E-state index is 0.127. The van der Waals surface area contributed by atoms with Crippen molar-refractivity contribution in [3.63, 3.8) is 0 Å². The van der Waals surface area contributed by atoms with Crippen LogP contribution in [-0.4, -0.2) is 32.8 Å². The third-order valence-corrected chi connectivity index (χ3v) is 25.2. The molecule has 0 aliphatic rings. The molecule has 0 saturated heterocycles. The van der Waals surface area contributed by atoms with Gasteiger partial charge in [-0.15, -0.1) is 0 Å². The van der Waals surface area contributed by atoms with E-state index in [0.717, 1.165) is 4.44 Å². The van der Waals surface area contributed by atoms with Gasteiger partial charge in [0.15, 0.2) is 0 Å². The molecule has 0 spiro atoms. The van der Waals surface area contributed by atoms with Gasteiger partial charge in [0.1, 0.15) is 0 Å². The number of rotatable bonds is 8. The second-order valence-corrected chi connectivity index (χ2v) is 26.3. The van der Waals surface area contributed by atoms with E-state index in [4.69, 9.17) is 4.43 Å². The van der Waals surface area contributed by atoms with Crippen LogP contribution >= 0.6 is 0 Å². The van der Waals surface area contributed by atoms with Gasteiger partial charge in [0.25, 0.3) is 0 Å². The van der Waals surface area contributed by atoms with Crippen molar-refractivity contribution >= 4 is 37.4 Å². The Morgan fingerprint density at radius 2 is 1.12 bits per heavy atom. The second kappa shape index (κ2) is 10.5. The van der Waals surface area contributed by atoms with Gasteiger partial charge in [0.2, 0.25) is 0 Å². The molecule has 3 aromatic rings. The average molecular weight is 549 g/mol. The molecular formula is C29H38OSiSn. The third kappa shape index (κ3) is 5.65. The van der Waals surface area contributed by atoms with Crippen molar-refractivity contribution in [1.82, 2.24) is 0 Å². The Kier molecular flexibility index (Phi) is 8.24. The van der Waals surface area contributed by atoms with Crippen molar-refractivity contribution in [2.24, 2.45) is 0 Å². The first-order chi connectivity index (χ1) is 15.2. The molecule has 0 radical (unpaired) electrons. The normalized spacial score (nSPS) is 13.9. The molecule has 0 amide bonds. The van der Waals surface area contributed by atoms with E-state index in [-0.39, 0.29) is 11.1 Å². The fraction of sp³-hybridized carbons (Fsp3) is 0.310. The molecular weight excluding hydrogens is 511 g/mol. The summed E-state index contributed by atoms with van der Waals surface area (Å²) in [5, 5.41) is 0.218. The fourth-order valence-electron chi connectivity index (χ4n) is 4.14. The van der Waals surface area contributed by atoms with Crippen LogP contribution < -0.4 is 10.7 Å². The molecule has 1 unspecified atom stereocenters. The van der Waals surface area contributed by atoms with Crippen LogP contribution in [0.5, 0.6) is 0 Å². The summed E-state index contributed by atoms with van der Waals surface area (Å²) in [5.74, 6) is 0. The monoisotopic (exact) mass is 550 g/mol. The van der Waals surface area contributed by atoms with E-state index in [1.165, 1.54) is 10.7 Å². The number of hydrogen-bond donors (Lipinski definition) is 0. The first-order valence-electron chi connectivity index (χ1n) is 11.7. The summed E-state index contributed by atoms with van der Waals surface area (Å²) in [4.78, 5) is 0. The Bertz CT molecular complexity index is 895. The summed E-state index contributed by atoms with van der Waals surface area (Å²) >= 11 is -3.22. The minimum atomic E-state index is -3.22. The standard InChI is InChI=1S/C11H23OSi.3C6H5.Sn/c1-8-9-10(2)12-13(6,7)11(3,4)5;3*1-2-4-6-5-3-1;/h8-10H,1H2,2-7H3;3*1-5H;/b9-8+;;;;. The molecule has 1 atom stereocenters. The molecule has 0 aromatic heterocycles. The van der Waals surface area contributed by atoms with Crippen LogP contribution in [0.4, 0.5) is 0 Å². The molecule has 32 heavy (non-hydrogen) atoms. The van der Waals surface area contributed by atoms with Crippen LogP contribution in [-0.2, 0) is 4.43 Å². The van der Waals surface area contributed by atoms with E-state index >= 15 is 0 Å². The van der Waals surface area contributed by atoms with Gasteiger partial charge in [-0.2, -0.15) is 0 Å². The van der Waals surface area contributed by atoms with Crippen molar-refractivity contribution in [2.45, 2.75) is 56.4 Å².